The van der Waals surface area contributed by atoms with Crippen molar-refractivity contribution in [1.29, 1.82) is 0 Å². The summed E-state index contributed by atoms with van der Waals surface area (Å²) in [5, 5.41) is 17.2. The predicted octanol–water partition coefficient (Wildman–Crippen LogP) is 3.24. The lowest BCUT2D eigenvalue weighted by Gasteiger charge is -2.43. The average molecular weight is 366 g/mol. The molecule has 4 heterocycles. The molecule has 0 amide bonds. The maximum Gasteiger partial charge on any atom is 0.181 e. The Kier molecular flexibility index (Phi) is 3.40. The summed E-state index contributed by atoms with van der Waals surface area (Å²) in [6.45, 7) is 0. The smallest absolute Gasteiger partial charge is 0.181 e. The predicted molar refractivity (Wildman–Crippen MR) is 101 cm³/mol. The van der Waals surface area contributed by atoms with Crippen LogP contribution in [-0.2, 0) is 17.4 Å². The zero-order valence-corrected chi connectivity index (χ0v) is 15.3. The lowest BCUT2D eigenvalue weighted by Crippen LogP contribution is -2.49. The van der Waals surface area contributed by atoms with Crippen LogP contribution in [0.25, 0.3) is 32.5 Å². The van der Waals surface area contributed by atoms with Gasteiger partial charge in [0.05, 0.1) is 11.8 Å². The third-order valence-electron chi connectivity index (χ3n) is 5.18. The van der Waals surface area contributed by atoms with Crippen LogP contribution in [0.2, 0.25) is 0 Å². The largest absolute Gasteiger partial charge is 0.382 e. The molecule has 4 aromatic heterocycles. The van der Waals surface area contributed by atoms with Crippen LogP contribution in [0.1, 0.15) is 17.7 Å². The number of nitrogens with zero attached hydrogens (tertiary/aromatic N) is 4. The van der Waals surface area contributed by atoms with Gasteiger partial charge in [-0.05, 0) is 37.1 Å². The summed E-state index contributed by atoms with van der Waals surface area (Å²) in [5.74, 6) is 0. The number of rotatable bonds is 3. The molecule has 1 saturated carbocycles. The number of thiophene rings is 1. The van der Waals surface area contributed by atoms with Crippen molar-refractivity contribution in [2.24, 2.45) is 7.05 Å². The van der Waals surface area contributed by atoms with Gasteiger partial charge in [-0.3, -0.25) is 4.68 Å². The molecule has 6 nitrogen and oxygen atoms in total. The van der Waals surface area contributed by atoms with Crippen molar-refractivity contribution >= 4 is 32.6 Å². The molecule has 0 radical (unpaired) electrons. The summed E-state index contributed by atoms with van der Waals surface area (Å²) in [4.78, 5) is 11.1. The van der Waals surface area contributed by atoms with Gasteiger partial charge in [0.15, 0.2) is 5.65 Å². The monoisotopic (exact) mass is 366 g/mol. The number of ether oxygens (including phenoxy) is 1. The van der Waals surface area contributed by atoms with E-state index < -0.39 is 5.60 Å². The minimum Gasteiger partial charge on any atom is -0.382 e. The summed E-state index contributed by atoms with van der Waals surface area (Å²) in [6.07, 6.45) is 5.24. The van der Waals surface area contributed by atoms with Gasteiger partial charge < -0.3 is 9.84 Å². The zero-order chi connectivity index (χ0) is 17.9. The van der Waals surface area contributed by atoms with Crippen molar-refractivity contribution in [2.75, 3.05) is 7.11 Å². The van der Waals surface area contributed by atoms with E-state index in [-0.39, 0.29) is 6.10 Å². The van der Waals surface area contributed by atoms with Crippen molar-refractivity contribution in [3.63, 3.8) is 0 Å². The molecule has 2 atom stereocenters. The number of aliphatic hydroxyl groups is 1. The van der Waals surface area contributed by atoms with Crippen LogP contribution < -0.4 is 0 Å². The van der Waals surface area contributed by atoms with Gasteiger partial charge >= 0.3 is 0 Å². The second kappa shape index (κ2) is 5.57. The number of aromatic nitrogens is 4. The van der Waals surface area contributed by atoms with Gasteiger partial charge in [0.25, 0.3) is 0 Å². The Morgan fingerprint density at radius 3 is 2.96 bits per heavy atom. The SMILES string of the molecule is CO[C@@H]1CC[C@@]1(O)c1cc2ccc(-c3cnc4nn(C)cc4c3)nc2s1. The van der Waals surface area contributed by atoms with Crippen LogP contribution in [0.5, 0.6) is 0 Å². The molecule has 26 heavy (non-hydrogen) atoms. The minimum atomic E-state index is -0.879. The van der Waals surface area contributed by atoms with E-state index in [1.807, 2.05) is 25.4 Å². The second-order valence-electron chi connectivity index (χ2n) is 6.83. The van der Waals surface area contributed by atoms with E-state index in [4.69, 9.17) is 9.72 Å². The van der Waals surface area contributed by atoms with Crippen molar-refractivity contribution in [3.8, 4) is 11.3 Å². The molecule has 0 unspecified atom stereocenters. The molecule has 132 valence electrons. The molecule has 1 N–H and O–H groups in total. The number of hydrogen-bond acceptors (Lipinski definition) is 6. The van der Waals surface area contributed by atoms with Crippen molar-refractivity contribution < 1.29 is 9.84 Å². The molecule has 0 bridgehead atoms. The first-order chi connectivity index (χ1) is 12.6. The molecule has 0 saturated heterocycles. The van der Waals surface area contributed by atoms with E-state index in [1.165, 1.54) is 11.3 Å². The molecule has 7 heteroatoms. The van der Waals surface area contributed by atoms with E-state index in [9.17, 15) is 5.11 Å². The normalized spacial score (nSPS) is 22.8. The van der Waals surface area contributed by atoms with Gasteiger partial charge in [0.1, 0.15) is 10.4 Å². The second-order valence-corrected chi connectivity index (χ2v) is 7.86. The van der Waals surface area contributed by atoms with E-state index in [0.29, 0.717) is 0 Å². The highest BCUT2D eigenvalue weighted by Gasteiger charge is 2.48. The van der Waals surface area contributed by atoms with Crippen molar-refractivity contribution in [1.82, 2.24) is 19.7 Å². The average Bonchev–Trinajstić information content (AvgIpc) is 3.21. The first kappa shape index (κ1) is 15.9. The van der Waals surface area contributed by atoms with Crippen LogP contribution in [0.4, 0.5) is 0 Å². The summed E-state index contributed by atoms with van der Waals surface area (Å²) in [6, 6.07) is 8.13. The van der Waals surface area contributed by atoms with Crippen LogP contribution in [0.3, 0.4) is 0 Å². The Morgan fingerprint density at radius 2 is 2.19 bits per heavy atom. The third-order valence-corrected chi connectivity index (χ3v) is 6.40. The van der Waals surface area contributed by atoms with E-state index >= 15 is 0 Å². The first-order valence-corrected chi connectivity index (χ1v) is 9.34. The maximum absolute atomic E-state index is 10.9. The van der Waals surface area contributed by atoms with E-state index in [2.05, 4.69) is 22.2 Å². The Labute approximate surface area is 154 Å². The molecule has 4 aromatic rings. The summed E-state index contributed by atoms with van der Waals surface area (Å²) >= 11 is 1.54. The minimum absolute atomic E-state index is 0.132. The quantitative estimate of drug-likeness (QED) is 0.603. The Morgan fingerprint density at radius 1 is 1.31 bits per heavy atom. The summed E-state index contributed by atoms with van der Waals surface area (Å²) in [5.41, 5.74) is 1.68. The van der Waals surface area contributed by atoms with Crippen LogP contribution in [-0.4, -0.2) is 38.1 Å². The number of pyridine rings is 2. The number of hydrogen-bond donors (Lipinski definition) is 1. The molecule has 0 aliphatic heterocycles. The Balaban J connectivity index is 1.56. The fourth-order valence-electron chi connectivity index (χ4n) is 3.59. The molecular formula is C19H18N4O2S. The summed E-state index contributed by atoms with van der Waals surface area (Å²) < 4.78 is 7.17. The molecule has 1 aliphatic carbocycles. The molecule has 1 fully saturated rings. The summed E-state index contributed by atoms with van der Waals surface area (Å²) in [7, 11) is 3.54. The van der Waals surface area contributed by atoms with Gasteiger partial charge in [-0.1, -0.05) is 0 Å². The Bertz CT molecular complexity index is 1130. The maximum atomic E-state index is 10.9. The van der Waals surface area contributed by atoms with Gasteiger partial charge in [0.2, 0.25) is 0 Å². The van der Waals surface area contributed by atoms with Gasteiger partial charge in [-0.25, -0.2) is 9.97 Å². The van der Waals surface area contributed by atoms with Gasteiger partial charge in [0, 0.05) is 47.8 Å². The highest BCUT2D eigenvalue weighted by atomic mass is 32.1. The third kappa shape index (κ3) is 2.28. The molecule has 5 rings (SSSR count). The number of aryl methyl sites for hydroxylation is 1. The highest BCUT2D eigenvalue weighted by molar-refractivity contribution is 7.18. The van der Waals surface area contributed by atoms with Crippen molar-refractivity contribution in [3.05, 3.63) is 41.5 Å². The molecule has 0 aromatic carbocycles. The highest BCUT2D eigenvalue weighted by Crippen LogP contribution is 2.47. The standard InChI is InChI=1S/C19H18N4O2S/c1-23-10-13-7-12(9-20-17(13)22-23)14-4-3-11-8-16(26-18(11)21-14)19(24)6-5-15(19)25-2/h3-4,7-10,15,24H,5-6H2,1-2H3/t15-,19+/m1/s1. The van der Waals surface area contributed by atoms with Gasteiger partial charge in [-0.15, -0.1) is 11.3 Å². The van der Waals surface area contributed by atoms with Crippen LogP contribution in [0, 0.1) is 0 Å². The molecular weight excluding hydrogens is 348 g/mol. The first-order valence-electron chi connectivity index (χ1n) is 8.53. The van der Waals surface area contributed by atoms with E-state index in [1.54, 1.807) is 18.0 Å². The van der Waals surface area contributed by atoms with Crippen LogP contribution in [0.15, 0.2) is 36.7 Å². The zero-order valence-electron chi connectivity index (χ0n) is 14.5. The Hall–Kier alpha value is -2.35. The lowest BCUT2D eigenvalue weighted by atomic mass is 9.76. The van der Waals surface area contributed by atoms with Crippen molar-refractivity contribution in [2.45, 2.75) is 24.5 Å². The van der Waals surface area contributed by atoms with Gasteiger partial charge in [-0.2, -0.15) is 5.10 Å². The fourth-order valence-corrected chi connectivity index (χ4v) is 4.79. The number of fused-ring (bicyclic) bond motifs is 2. The van der Waals surface area contributed by atoms with Crippen LogP contribution >= 0.6 is 11.3 Å². The lowest BCUT2D eigenvalue weighted by molar-refractivity contribution is -0.164. The fraction of sp³-hybridized carbons (Fsp3) is 0.316. The molecule has 0 spiro atoms. The van der Waals surface area contributed by atoms with E-state index in [0.717, 1.165) is 50.2 Å². The topological polar surface area (TPSA) is 73.1 Å². The number of methoxy groups -OCH3 is 1. The molecule has 1 aliphatic rings.